The Kier molecular flexibility index (Phi) is 5.74. The Balaban J connectivity index is 2.02. The lowest BCUT2D eigenvalue weighted by Crippen LogP contribution is -2.33. The van der Waals surface area contributed by atoms with Crippen LogP contribution >= 0.6 is 22.9 Å². The molecule has 1 amide bonds. The normalized spacial score (nSPS) is 12.0. The lowest BCUT2D eigenvalue weighted by molar-refractivity contribution is -0.142. The van der Waals surface area contributed by atoms with Crippen molar-refractivity contribution in [2.45, 2.75) is 25.8 Å². The van der Waals surface area contributed by atoms with Gasteiger partial charge in [0.15, 0.2) is 6.04 Å². The van der Waals surface area contributed by atoms with E-state index in [0.29, 0.717) is 22.6 Å². The molecule has 7 heteroatoms. The number of nitrogens with one attached hydrogen (secondary N) is 1. The Bertz CT molecular complexity index is 732. The summed E-state index contributed by atoms with van der Waals surface area (Å²) in [5, 5.41) is 14.2. The molecular weight excluding hydrogens is 341 g/mol. The quantitative estimate of drug-likeness (QED) is 0.829. The molecule has 0 aliphatic carbocycles. The Hall–Kier alpha value is -1.92. The fraction of sp³-hybridized carbons (Fsp3) is 0.250. The number of aliphatic carboxylic acids is 1. The molecule has 0 spiro atoms. The smallest absolute Gasteiger partial charge is 0.330 e. The van der Waals surface area contributed by atoms with Crippen molar-refractivity contribution in [3.8, 4) is 0 Å². The van der Waals surface area contributed by atoms with E-state index < -0.39 is 17.8 Å². The van der Waals surface area contributed by atoms with Crippen molar-refractivity contribution in [1.29, 1.82) is 0 Å². The van der Waals surface area contributed by atoms with Gasteiger partial charge in [0, 0.05) is 16.7 Å². The molecule has 2 N–H and O–H groups in total. The van der Waals surface area contributed by atoms with Gasteiger partial charge in [0.2, 0.25) is 5.91 Å². The number of carbonyl (C=O) groups excluding carboxylic acids is 1. The van der Waals surface area contributed by atoms with Gasteiger partial charge in [0.25, 0.3) is 0 Å². The van der Waals surface area contributed by atoms with Crippen molar-refractivity contribution in [1.82, 2.24) is 5.32 Å². The van der Waals surface area contributed by atoms with Crippen molar-refractivity contribution in [3.63, 3.8) is 0 Å². The first-order valence-electron chi connectivity index (χ1n) is 6.88. The summed E-state index contributed by atoms with van der Waals surface area (Å²) >= 11 is 7.26. The summed E-state index contributed by atoms with van der Waals surface area (Å²) in [6.07, 6.45) is 0.638. The highest BCUT2D eigenvalue weighted by Gasteiger charge is 2.22. The first-order valence-corrected chi connectivity index (χ1v) is 8.13. The zero-order valence-electron chi connectivity index (χ0n) is 12.3. The van der Waals surface area contributed by atoms with Crippen molar-refractivity contribution in [2.75, 3.05) is 0 Å². The fourth-order valence-corrected chi connectivity index (χ4v) is 3.17. The minimum atomic E-state index is -1.20. The second-order valence-corrected chi connectivity index (χ2v) is 6.51. The first kappa shape index (κ1) is 17.4. The molecule has 0 bridgehead atoms. The number of amides is 1. The average molecular weight is 356 g/mol. The van der Waals surface area contributed by atoms with Crippen LogP contribution in [0, 0.1) is 12.7 Å². The van der Waals surface area contributed by atoms with Crippen LogP contribution in [0.15, 0.2) is 29.6 Å². The zero-order valence-corrected chi connectivity index (χ0v) is 13.9. The van der Waals surface area contributed by atoms with Gasteiger partial charge in [-0.05, 0) is 36.6 Å². The number of carbonyl (C=O) groups is 2. The van der Waals surface area contributed by atoms with Crippen LogP contribution in [0.4, 0.5) is 4.39 Å². The first-order chi connectivity index (χ1) is 10.9. The van der Waals surface area contributed by atoms with Crippen LogP contribution in [0.5, 0.6) is 0 Å². The van der Waals surface area contributed by atoms with E-state index in [0.717, 1.165) is 4.88 Å². The Morgan fingerprint density at radius 3 is 2.70 bits per heavy atom. The van der Waals surface area contributed by atoms with Gasteiger partial charge < -0.3 is 10.4 Å². The van der Waals surface area contributed by atoms with Crippen LogP contribution in [-0.2, 0) is 16.0 Å². The number of carboxylic acids is 1. The molecule has 2 aromatic rings. The van der Waals surface area contributed by atoms with Gasteiger partial charge >= 0.3 is 5.97 Å². The van der Waals surface area contributed by atoms with E-state index in [9.17, 15) is 19.1 Å². The zero-order chi connectivity index (χ0) is 17.0. The maximum absolute atomic E-state index is 13.3. The number of thiophene rings is 1. The van der Waals surface area contributed by atoms with Crippen LogP contribution < -0.4 is 5.32 Å². The summed E-state index contributed by atoms with van der Waals surface area (Å²) in [5.74, 6) is -1.99. The molecule has 1 aromatic carbocycles. The molecule has 23 heavy (non-hydrogen) atoms. The molecule has 4 nitrogen and oxygen atoms in total. The third-order valence-electron chi connectivity index (χ3n) is 3.29. The largest absolute Gasteiger partial charge is 0.479 e. The maximum atomic E-state index is 13.3. The van der Waals surface area contributed by atoms with E-state index in [1.807, 2.05) is 0 Å². The fourth-order valence-electron chi connectivity index (χ4n) is 2.09. The second kappa shape index (κ2) is 7.57. The van der Waals surface area contributed by atoms with E-state index in [2.05, 4.69) is 5.32 Å². The summed E-state index contributed by atoms with van der Waals surface area (Å²) in [5.41, 5.74) is 0.667. The lowest BCUT2D eigenvalue weighted by Gasteiger charge is -2.15. The average Bonchev–Trinajstić information content (AvgIpc) is 2.91. The molecule has 0 saturated heterocycles. The minimum Gasteiger partial charge on any atom is -0.479 e. The number of halogens is 2. The van der Waals surface area contributed by atoms with E-state index in [1.165, 1.54) is 29.5 Å². The van der Waals surface area contributed by atoms with Crippen molar-refractivity contribution in [2.24, 2.45) is 0 Å². The van der Waals surface area contributed by atoms with Crippen LogP contribution in [0.3, 0.4) is 0 Å². The van der Waals surface area contributed by atoms with E-state index in [4.69, 9.17) is 11.6 Å². The number of benzene rings is 1. The topological polar surface area (TPSA) is 66.4 Å². The molecule has 0 fully saturated rings. The second-order valence-electron chi connectivity index (χ2n) is 5.08. The lowest BCUT2D eigenvalue weighted by atomic mass is 10.0. The van der Waals surface area contributed by atoms with Crippen LogP contribution in [0.25, 0.3) is 0 Å². The summed E-state index contributed by atoms with van der Waals surface area (Å²) in [6, 6.07) is 4.56. The van der Waals surface area contributed by atoms with Crippen LogP contribution in [0.2, 0.25) is 5.02 Å². The van der Waals surface area contributed by atoms with E-state index in [1.54, 1.807) is 18.4 Å². The molecule has 1 unspecified atom stereocenters. The predicted molar refractivity (Wildman–Crippen MR) is 87.3 cm³/mol. The van der Waals surface area contributed by atoms with Gasteiger partial charge in [-0.15, -0.1) is 11.3 Å². The van der Waals surface area contributed by atoms with Crippen LogP contribution in [0.1, 0.15) is 28.5 Å². The third-order valence-corrected chi connectivity index (χ3v) is 4.63. The Morgan fingerprint density at radius 2 is 2.13 bits per heavy atom. The summed E-state index contributed by atoms with van der Waals surface area (Å²) < 4.78 is 13.3. The van der Waals surface area contributed by atoms with E-state index in [-0.39, 0.29) is 12.3 Å². The monoisotopic (exact) mass is 355 g/mol. The standard InChI is InChI=1S/C16H15ClFNO3S/c1-9-6-10(2-4-13(9)18)15(16(21)22)19-14(20)5-3-12-7-11(17)8-23-12/h2,4,6-8,15H,3,5H2,1H3,(H,19,20)(H,21,22). The van der Waals surface area contributed by atoms with Gasteiger partial charge in [0.05, 0.1) is 5.02 Å². The highest BCUT2D eigenvalue weighted by atomic mass is 35.5. The van der Waals surface area contributed by atoms with Gasteiger partial charge in [-0.25, -0.2) is 9.18 Å². The molecule has 1 aromatic heterocycles. The highest BCUT2D eigenvalue weighted by molar-refractivity contribution is 7.10. The molecule has 122 valence electrons. The molecule has 0 aliphatic rings. The third kappa shape index (κ3) is 4.77. The van der Waals surface area contributed by atoms with Crippen molar-refractivity contribution < 1.29 is 19.1 Å². The molecule has 0 aliphatic heterocycles. The van der Waals surface area contributed by atoms with Crippen molar-refractivity contribution in [3.05, 3.63) is 56.5 Å². The van der Waals surface area contributed by atoms with Gasteiger partial charge in [0.1, 0.15) is 5.82 Å². The van der Waals surface area contributed by atoms with Gasteiger partial charge in [-0.1, -0.05) is 23.7 Å². The molecule has 0 saturated carbocycles. The summed E-state index contributed by atoms with van der Waals surface area (Å²) in [6.45, 7) is 1.54. The number of rotatable bonds is 6. The molecule has 0 radical (unpaired) electrons. The molecular formula is C16H15ClFNO3S. The predicted octanol–water partition coefficient (Wildman–Crippen LogP) is 3.72. The van der Waals surface area contributed by atoms with Gasteiger partial charge in [-0.2, -0.15) is 0 Å². The van der Waals surface area contributed by atoms with Crippen LogP contribution in [-0.4, -0.2) is 17.0 Å². The summed E-state index contributed by atoms with van der Waals surface area (Å²) in [7, 11) is 0. The molecule has 1 atom stereocenters. The van der Waals surface area contributed by atoms with Gasteiger partial charge in [-0.3, -0.25) is 4.79 Å². The minimum absolute atomic E-state index is 0.154. The maximum Gasteiger partial charge on any atom is 0.330 e. The molecule has 1 heterocycles. The Morgan fingerprint density at radius 1 is 1.39 bits per heavy atom. The number of hydrogen-bond acceptors (Lipinski definition) is 3. The summed E-state index contributed by atoms with van der Waals surface area (Å²) in [4.78, 5) is 24.3. The number of hydrogen-bond donors (Lipinski definition) is 2. The van der Waals surface area contributed by atoms with Crippen molar-refractivity contribution >= 4 is 34.8 Å². The highest BCUT2D eigenvalue weighted by Crippen LogP contribution is 2.21. The molecule has 2 rings (SSSR count). The number of carboxylic acid groups (broad SMARTS) is 1. The number of aryl methyl sites for hydroxylation is 2. The Labute approximate surface area is 141 Å². The SMILES string of the molecule is Cc1cc(C(NC(=O)CCc2cc(Cl)cs2)C(=O)O)ccc1F. The van der Waals surface area contributed by atoms with E-state index >= 15 is 0 Å².